The minimum atomic E-state index is -1.64. The smallest absolute Gasteiger partial charge is 0.233 e. The Kier molecular flexibility index (Phi) is 3.28. The molecule has 1 aliphatic rings. The van der Waals surface area contributed by atoms with Gasteiger partial charge in [0.05, 0.1) is 0 Å². The molecule has 0 aromatic rings. The van der Waals surface area contributed by atoms with Crippen molar-refractivity contribution in [2.75, 3.05) is 7.05 Å². The van der Waals surface area contributed by atoms with Crippen molar-refractivity contribution in [1.82, 2.24) is 9.32 Å². The van der Waals surface area contributed by atoms with Gasteiger partial charge in [0.1, 0.15) is 0 Å². The summed E-state index contributed by atoms with van der Waals surface area (Å²) in [5.41, 5.74) is -0.753. The maximum Gasteiger partial charge on any atom is 0.233 e. The Bertz CT molecular complexity index is 174. The summed E-state index contributed by atoms with van der Waals surface area (Å²) in [6, 6.07) is 0. The molecule has 0 aromatic heterocycles. The fourth-order valence-corrected chi connectivity index (χ4v) is 2.41. The Balaban J connectivity index is 3.06. The van der Waals surface area contributed by atoms with E-state index < -0.39 is 14.5 Å². The normalized spacial score (nSPS) is 35.8. The highest BCUT2D eigenvalue weighted by Gasteiger charge is 2.64. The van der Waals surface area contributed by atoms with Crippen LogP contribution in [0.3, 0.4) is 0 Å². The third kappa shape index (κ3) is 1.41. The van der Waals surface area contributed by atoms with Crippen LogP contribution < -0.4 is 0 Å². The van der Waals surface area contributed by atoms with E-state index in [1.165, 1.54) is 4.90 Å². The lowest BCUT2D eigenvalue weighted by Gasteiger charge is -2.29. The molecule has 1 fully saturated rings. The van der Waals surface area contributed by atoms with Crippen LogP contribution in [0.4, 0.5) is 0 Å². The average Bonchev–Trinajstić information content (AvgIpc) is 2.05. The summed E-state index contributed by atoms with van der Waals surface area (Å²) >= 11 is 34.6. The molecule has 1 unspecified atom stereocenters. The molecule has 0 N–H and O–H groups in total. The summed E-state index contributed by atoms with van der Waals surface area (Å²) in [7, 11) is 1.56. The van der Waals surface area contributed by atoms with E-state index in [1.807, 2.05) is 0 Å². The molecule has 0 spiro atoms. The Morgan fingerprint density at radius 3 is 1.58 bits per heavy atom. The van der Waals surface area contributed by atoms with E-state index in [0.29, 0.717) is 0 Å². The second-order valence-electron chi connectivity index (χ2n) is 2.32. The van der Waals surface area contributed by atoms with E-state index in [-0.39, 0.29) is 0 Å². The predicted molar refractivity (Wildman–Crippen MR) is 54.0 cm³/mol. The third-order valence-corrected chi connectivity index (χ3v) is 5.16. The van der Waals surface area contributed by atoms with Crippen molar-refractivity contribution in [3.05, 3.63) is 0 Å². The van der Waals surface area contributed by atoms with Crippen LogP contribution in [0.2, 0.25) is 0 Å². The van der Waals surface area contributed by atoms with E-state index in [4.69, 9.17) is 69.8 Å². The van der Waals surface area contributed by atoms with Gasteiger partial charge in [-0.05, 0) is 18.8 Å². The van der Waals surface area contributed by atoms with Crippen LogP contribution >= 0.6 is 69.8 Å². The molecule has 1 atom stereocenters. The number of hydrogen-bond donors (Lipinski definition) is 0. The molecular formula is C4H4Cl6N2. The maximum absolute atomic E-state index is 5.82. The molecule has 12 heavy (non-hydrogen) atoms. The molecule has 1 aliphatic heterocycles. The van der Waals surface area contributed by atoms with Gasteiger partial charge in [0.2, 0.25) is 8.91 Å². The van der Waals surface area contributed by atoms with Crippen molar-refractivity contribution >= 4 is 69.8 Å². The monoisotopic (exact) mass is 290 g/mol. The van der Waals surface area contributed by atoms with Crippen molar-refractivity contribution in [1.29, 1.82) is 0 Å². The van der Waals surface area contributed by atoms with Crippen LogP contribution in [-0.2, 0) is 0 Å². The van der Waals surface area contributed by atoms with Gasteiger partial charge in [0.25, 0.3) is 0 Å². The first kappa shape index (κ1) is 11.7. The first-order valence-electron chi connectivity index (χ1n) is 2.80. The summed E-state index contributed by atoms with van der Waals surface area (Å²) in [6.45, 7) is 0. The van der Waals surface area contributed by atoms with E-state index >= 15 is 0 Å². The molecule has 1 saturated heterocycles. The first-order valence-corrected chi connectivity index (χ1v) is 5.09. The number of rotatable bonds is 0. The Labute approximate surface area is 100 Å². The fourth-order valence-electron chi connectivity index (χ4n) is 0.760. The Hall–Kier alpha value is 1.66. The number of hydrogen-bond acceptors (Lipinski definition) is 2. The molecular weight excluding hydrogens is 289 g/mol. The second-order valence-corrected chi connectivity index (χ2v) is 5.64. The van der Waals surface area contributed by atoms with E-state index in [9.17, 15) is 0 Å². The molecule has 1 rings (SSSR count). The van der Waals surface area contributed by atoms with Crippen LogP contribution in [0.5, 0.6) is 0 Å². The van der Waals surface area contributed by atoms with Gasteiger partial charge in [-0.3, -0.25) is 0 Å². The van der Waals surface area contributed by atoms with Gasteiger partial charge in [-0.15, -0.1) is 0 Å². The molecule has 0 radical (unpaired) electrons. The van der Waals surface area contributed by atoms with Crippen LogP contribution in [0.25, 0.3) is 0 Å². The minimum absolute atomic E-state index is 0.753. The largest absolute Gasteiger partial charge is 0.242 e. The second kappa shape index (κ2) is 3.35. The van der Waals surface area contributed by atoms with Gasteiger partial charge in [-0.2, -0.15) is 4.42 Å². The molecule has 0 saturated carbocycles. The zero-order chi connectivity index (χ0) is 9.73. The molecule has 0 amide bonds. The lowest BCUT2D eigenvalue weighted by molar-refractivity contribution is 0.295. The van der Waals surface area contributed by atoms with Crippen molar-refractivity contribution in [2.45, 2.75) is 14.5 Å². The van der Waals surface area contributed by atoms with E-state index in [2.05, 4.69) is 0 Å². The zero-order valence-electron chi connectivity index (χ0n) is 5.74. The van der Waals surface area contributed by atoms with Gasteiger partial charge < -0.3 is 0 Å². The van der Waals surface area contributed by atoms with Crippen LogP contribution in [-0.4, -0.2) is 30.9 Å². The molecule has 2 nitrogen and oxygen atoms in total. The molecule has 1 heterocycles. The van der Waals surface area contributed by atoms with Gasteiger partial charge in [-0.1, -0.05) is 58.0 Å². The van der Waals surface area contributed by atoms with Gasteiger partial charge in [0, 0.05) is 0 Å². The molecule has 0 bridgehead atoms. The SMILES string of the molecule is CN1C(Cl)N(Cl)C(Cl)(Cl)C1(Cl)Cl. The third-order valence-electron chi connectivity index (χ3n) is 1.58. The number of alkyl halides is 5. The summed E-state index contributed by atoms with van der Waals surface area (Å²) in [5, 5.41) is 0. The van der Waals surface area contributed by atoms with E-state index in [1.54, 1.807) is 7.05 Å². The Morgan fingerprint density at radius 2 is 1.50 bits per heavy atom. The molecule has 0 aromatic carbocycles. The first-order chi connectivity index (χ1) is 5.23. The highest BCUT2D eigenvalue weighted by atomic mass is 35.5. The lowest BCUT2D eigenvalue weighted by Crippen LogP contribution is -2.43. The average molecular weight is 293 g/mol. The van der Waals surface area contributed by atoms with Crippen LogP contribution in [0.15, 0.2) is 0 Å². The molecule has 0 aliphatic carbocycles. The van der Waals surface area contributed by atoms with Gasteiger partial charge in [-0.25, -0.2) is 4.90 Å². The van der Waals surface area contributed by atoms with Crippen molar-refractivity contribution < 1.29 is 0 Å². The zero-order valence-corrected chi connectivity index (χ0v) is 10.3. The number of halogens is 6. The fraction of sp³-hybridized carbons (Fsp3) is 1.00. The van der Waals surface area contributed by atoms with Gasteiger partial charge in [0.15, 0.2) is 5.62 Å². The van der Waals surface area contributed by atoms with E-state index in [0.717, 1.165) is 4.42 Å². The Morgan fingerprint density at radius 1 is 1.08 bits per heavy atom. The van der Waals surface area contributed by atoms with Crippen molar-refractivity contribution in [3.8, 4) is 0 Å². The van der Waals surface area contributed by atoms with Crippen LogP contribution in [0, 0.1) is 0 Å². The summed E-state index contributed by atoms with van der Waals surface area (Å²) in [5.74, 6) is 0. The summed E-state index contributed by atoms with van der Waals surface area (Å²) < 4.78 is -2.24. The van der Waals surface area contributed by atoms with Crippen molar-refractivity contribution in [3.63, 3.8) is 0 Å². The quantitative estimate of drug-likeness (QED) is 0.384. The number of likely N-dealkylation sites (N-methyl/N-ethyl adjacent to an activating group) is 1. The summed E-state index contributed by atoms with van der Waals surface area (Å²) in [4.78, 5) is 1.34. The standard InChI is InChI=1S/C4H4Cl6N2/c1-11-2(5)12(10)4(8,9)3(11,6)7/h2H,1H3. The highest BCUT2D eigenvalue weighted by Crippen LogP contribution is 2.55. The van der Waals surface area contributed by atoms with Gasteiger partial charge >= 0.3 is 0 Å². The lowest BCUT2D eigenvalue weighted by atomic mass is 10.6. The molecule has 8 heteroatoms. The number of nitrogens with zero attached hydrogens (tertiary/aromatic N) is 2. The molecule has 72 valence electrons. The minimum Gasteiger partial charge on any atom is -0.242 e. The van der Waals surface area contributed by atoms with Crippen LogP contribution in [0.1, 0.15) is 0 Å². The topological polar surface area (TPSA) is 6.48 Å². The van der Waals surface area contributed by atoms with Crippen molar-refractivity contribution in [2.24, 2.45) is 0 Å². The maximum atomic E-state index is 5.82. The highest BCUT2D eigenvalue weighted by molar-refractivity contribution is 6.63. The summed E-state index contributed by atoms with van der Waals surface area (Å²) in [6.07, 6.45) is 0. The predicted octanol–water partition coefficient (Wildman–Crippen LogP) is 3.17.